The fourth-order valence-electron chi connectivity index (χ4n) is 3.83. The molecule has 0 aliphatic carbocycles. The quantitative estimate of drug-likeness (QED) is 0.237. The zero-order chi connectivity index (χ0) is 26.7. The van der Waals surface area contributed by atoms with Crippen molar-refractivity contribution >= 4 is 46.9 Å². The number of fused-ring (bicyclic) bond motifs is 2. The molecule has 12 nitrogen and oxygen atoms in total. The summed E-state index contributed by atoms with van der Waals surface area (Å²) >= 11 is 0. The normalized spacial score (nSPS) is 15.2. The summed E-state index contributed by atoms with van der Waals surface area (Å²) in [5, 5.41) is 7.69. The molecule has 37 heavy (non-hydrogen) atoms. The molecule has 2 heterocycles. The molecule has 0 saturated carbocycles. The van der Waals surface area contributed by atoms with Gasteiger partial charge in [0.2, 0.25) is 11.8 Å². The van der Waals surface area contributed by atoms with Crippen LogP contribution >= 0.6 is 0 Å². The van der Waals surface area contributed by atoms with Crippen molar-refractivity contribution in [3.8, 4) is 0 Å². The van der Waals surface area contributed by atoms with E-state index in [1.54, 1.807) is 48.5 Å². The third-order valence-corrected chi connectivity index (χ3v) is 5.59. The second-order valence-corrected chi connectivity index (χ2v) is 8.42. The summed E-state index contributed by atoms with van der Waals surface area (Å²) in [4.78, 5) is 75.8. The Morgan fingerprint density at radius 2 is 0.919 bits per heavy atom. The van der Waals surface area contributed by atoms with E-state index in [0.717, 1.165) is 9.80 Å². The molecule has 0 fully saturated rings. The first-order valence-electron chi connectivity index (χ1n) is 11.2. The topological polar surface area (TPSA) is 158 Å². The van der Waals surface area contributed by atoms with Crippen LogP contribution in [0.4, 0.5) is 0 Å². The third kappa shape index (κ3) is 5.17. The fraction of sp³-hybridized carbons (Fsp3) is 0.200. The molecule has 0 atom stereocenters. The Balaban J connectivity index is 1.24. The minimum atomic E-state index is -0.743. The van der Waals surface area contributed by atoms with Gasteiger partial charge in [0.15, 0.2) is 0 Å². The maximum absolute atomic E-state index is 12.4. The molecule has 0 saturated heterocycles. The highest BCUT2D eigenvalue weighted by Crippen LogP contribution is 2.23. The number of carbonyl (C=O) groups is 6. The summed E-state index contributed by atoms with van der Waals surface area (Å²) < 4.78 is 0. The lowest BCUT2D eigenvalue weighted by atomic mass is 10.1. The molecule has 0 aromatic heterocycles. The van der Waals surface area contributed by atoms with Crippen LogP contribution < -0.4 is 10.9 Å². The largest absolute Gasteiger partial charge is 0.273 e. The van der Waals surface area contributed by atoms with Crippen molar-refractivity contribution in [2.24, 2.45) is 10.2 Å². The number of amides is 6. The van der Waals surface area contributed by atoms with Crippen LogP contribution in [0.3, 0.4) is 0 Å². The molecule has 2 aromatic carbocycles. The number of hydrogen-bond acceptors (Lipinski definition) is 8. The Kier molecular flexibility index (Phi) is 7.00. The second-order valence-electron chi connectivity index (χ2n) is 8.42. The van der Waals surface area contributed by atoms with E-state index in [-0.39, 0.29) is 24.5 Å². The summed E-state index contributed by atoms with van der Waals surface area (Å²) in [6.45, 7) is 2.80. The molecule has 4 rings (SSSR count). The van der Waals surface area contributed by atoms with Gasteiger partial charge in [0.25, 0.3) is 23.6 Å². The maximum Gasteiger partial charge on any atom is 0.261 e. The molecule has 0 bridgehead atoms. The van der Waals surface area contributed by atoms with Crippen molar-refractivity contribution in [1.82, 2.24) is 20.7 Å². The number of carbonyl (C=O) groups excluding carboxylic acids is 6. The van der Waals surface area contributed by atoms with Crippen LogP contribution in [-0.2, 0) is 9.59 Å². The summed E-state index contributed by atoms with van der Waals surface area (Å²) in [5.41, 5.74) is 6.17. The van der Waals surface area contributed by atoms with Crippen LogP contribution in [0.5, 0.6) is 0 Å². The van der Waals surface area contributed by atoms with Gasteiger partial charge >= 0.3 is 0 Å². The van der Waals surface area contributed by atoms with Crippen LogP contribution in [0.1, 0.15) is 61.7 Å². The SMILES string of the molecule is C/C(CN1C(=O)c2ccccc2C1=O)=N\NC(=O)CC(=O)N/N=C(\C)CN1C(=O)c2ccccc2C1=O. The van der Waals surface area contributed by atoms with E-state index in [1.807, 2.05) is 0 Å². The Bertz CT molecular complexity index is 1240. The van der Waals surface area contributed by atoms with Crippen molar-refractivity contribution in [3.05, 3.63) is 70.8 Å². The number of hydrazone groups is 2. The van der Waals surface area contributed by atoms with Gasteiger partial charge in [0, 0.05) is 0 Å². The average Bonchev–Trinajstić information content (AvgIpc) is 3.27. The average molecular weight is 502 g/mol. The van der Waals surface area contributed by atoms with Crippen LogP contribution in [0.15, 0.2) is 58.7 Å². The molecule has 2 aliphatic rings. The molecule has 0 unspecified atom stereocenters. The van der Waals surface area contributed by atoms with Crippen LogP contribution in [0.2, 0.25) is 0 Å². The smallest absolute Gasteiger partial charge is 0.261 e. The molecule has 0 radical (unpaired) electrons. The molecular weight excluding hydrogens is 480 g/mol. The lowest BCUT2D eigenvalue weighted by Gasteiger charge is -2.13. The van der Waals surface area contributed by atoms with E-state index in [0.29, 0.717) is 22.3 Å². The van der Waals surface area contributed by atoms with Crippen LogP contribution in [0.25, 0.3) is 0 Å². The van der Waals surface area contributed by atoms with Gasteiger partial charge in [-0.3, -0.25) is 38.6 Å². The molecule has 6 amide bonds. The number of hydrogen-bond donors (Lipinski definition) is 2. The van der Waals surface area contributed by atoms with Crippen molar-refractivity contribution < 1.29 is 28.8 Å². The monoisotopic (exact) mass is 502 g/mol. The van der Waals surface area contributed by atoms with Gasteiger partial charge in [-0.25, -0.2) is 10.9 Å². The Morgan fingerprint density at radius 1 is 0.622 bits per heavy atom. The third-order valence-electron chi connectivity index (χ3n) is 5.59. The minimum Gasteiger partial charge on any atom is -0.273 e. The Labute approximate surface area is 211 Å². The van der Waals surface area contributed by atoms with Gasteiger partial charge < -0.3 is 0 Å². The highest BCUT2D eigenvalue weighted by molar-refractivity contribution is 6.23. The molecule has 0 spiro atoms. The lowest BCUT2D eigenvalue weighted by Crippen LogP contribution is -2.36. The van der Waals surface area contributed by atoms with E-state index in [2.05, 4.69) is 21.1 Å². The lowest BCUT2D eigenvalue weighted by molar-refractivity contribution is -0.129. The maximum atomic E-state index is 12.4. The van der Waals surface area contributed by atoms with Crippen molar-refractivity contribution in [2.45, 2.75) is 20.3 Å². The van der Waals surface area contributed by atoms with Crippen LogP contribution in [0, 0.1) is 0 Å². The van der Waals surface area contributed by atoms with Gasteiger partial charge in [-0.2, -0.15) is 10.2 Å². The van der Waals surface area contributed by atoms with E-state index in [4.69, 9.17) is 0 Å². The van der Waals surface area contributed by atoms with Gasteiger partial charge in [-0.1, -0.05) is 24.3 Å². The number of rotatable bonds is 8. The van der Waals surface area contributed by atoms with E-state index >= 15 is 0 Å². The first kappa shape index (κ1) is 25.1. The number of nitrogens with zero attached hydrogens (tertiary/aromatic N) is 4. The molecule has 188 valence electrons. The number of imide groups is 2. The number of benzene rings is 2. The van der Waals surface area contributed by atoms with Crippen molar-refractivity contribution in [3.63, 3.8) is 0 Å². The standard InChI is InChI=1S/C25H22N6O6/c1-14(12-30-22(34)16-7-3-4-8-17(16)23(30)35)26-28-20(32)11-21(33)29-27-15(2)13-31-24(36)18-9-5-6-10-19(18)25(31)37/h3-10H,11-13H2,1-2H3,(H,28,32)(H,29,33)/b26-14+,27-15+. The zero-order valence-electron chi connectivity index (χ0n) is 20.0. The van der Waals surface area contributed by atoms with E-state index < -0.39 is 41.9 Å². The predicted molar refractivity (Wildman–Crippen MR) is 131 cm³/mol. The summed E-state index contributed by atoms with van der Waals surface area (Å²) in [6, 6.07) is 12.9. The second kappa shape index (κ2) is 10.3. The minimum absolute atomic E-state index is 0.125. The molecule has 2 aliphatic heterocycles. The molecule has 2 N–H and O–H groups in total. The molecule has 2 aromatic rings. The molecular formula is C25H22N6O6. The van der Waals surface area contributed by atoms with Crippen molar-refractivity contribution in [2.75, 3.05) is 13.1 Å². The van der Waals surface area contributed by atoms with Gasteiger partial charge in [-0.05, 0) is 38.1 Å². The fourth-order valence-corrected chi connectivity index (χ4v) is 3.83. The van der Waals surface area contributed by atoms with E-state index in [1.165, 1.54) is 13.8 Å². The van der Waals surface area contributed by atoms with Gasteiger partial charge in [0.05, 0.1) is 46.8 Å². The zero-order valence-corrected chi connectivity index (χ0v) is 20.0. The van der Waals surface area contributed by atoms with Crippen LogP contribution in [-0.4, -0.2) is 69.8 Å². The summed E-state index contributed by atoms with van der Waals surface area (Å²) in [7, 11) is 0. The van der Waals surface area contributed by atoms with Crippen molar-refractivity contribution in [1.29, 1.82) is 0 Å². The summed E-state index contributed by atoms with van der Waals surface area (Å²) in [6.07, 6.45) is -0.604. The number of nitrogens with one attached hydrogen (secondary N) is 2. The predicted octanol–water partition coefficient (Wildman–Crippen LogP) is 0.953. The first-order valence-corrected chi connectivity index (χ1v) is 11.2. The summed E-state index contributed by atoms with van der Waals surface area (Å²) in [5.74, 6) is -3.28. The molecule has 12 heteroatoms. The Morgan fingerprint density at radius 3 is 1.22 bits per heavy atom. The van der Waals surface area contributed by atoms with E-state index in [9.17, 15) is 28.8 Å². The highest BCUT2D eigenvalue weighted by Gasteiger charge is 2.36. The Hall–Kier alpha value is -5.00. The highest BCUT2D eigenvalue weighted by atomic mass is 16.2. The first-order chi connectivity index (χ1) is 17.7. The van der Waals surface area contributed by atoms with Gasteiger partial charge in [0.1, 0.15) is 6.42 Å². The van der Waals surface area contributed by atoms with Gasteiger partial charge in [-0.15, -0.1) is 0 Å².